The van der Waals surface area contributed by atoms with Gasteiger partial charge >= 0.3 is 0 Å². The standard InChI is InChI=1S/C35H34N4/c1-9-17-20-25(12-4)33-36-34(26(18-10-2)19-11-3)38-35(37-33)27-21-23-28(24-22-27)39-31(15-7)29(13-5)30(14-6)32(39)16-8/h9-24H,2,4-8H2,1,3H3/b17-9-,19-11-,25-20+,26-18+. The normalized spacial score (nSPS) is 12.1. The Morgan fingerprint density at radius 1 is 0.692 bits per heavy atom. The van der Waals surface area contributed by atoms with Gasteiger partial charge in [-0.3, -0.25) is 0 Å². The van der Waals surface area contributed by atoms with E-state index in [-0.39, 0.29) is 0 Å². The van der Waals surface area contributed by atoms with Crippen LogP contribution in [-0.2, 0) is 0 Å². The number of aromatic nitrogens is 4. The molecule has 1 aromatic carbocycles. The van der Waals surface area contributed by atoms with Crippen molar-refractivity contribution in [1.29, 1.82) is 0 Å². The predicted molar refractivity (Wildman–Crippen MR) is 171 cm³/mol. The first kappa shape index (κ1) is 28.5. The molecule has 3 rings (SSSR count). The number of rotatable bonds is 12. The molecule has 194 valence electrons. The summed E-state index contributed by atoms with van der Waals surface area (Å²) in [4.78, 5) is 14.4. The summed E-state index contributed by atoms with van der Waals surface area (Å²) in [6.45, 7) is 27.7. The van der Waals surface area contributed by atoms with Gasteiger partial charge in [-0.1, -0.05) is 100 Å². The Morgan fingerprint density at radius 3 is 1.74 bits per heavy atom. The van der Waals surface area contributed by atoms with Gasteiger partial charge in [0.1, 0.15) is 0 Å². The van der Waals surface area contributed by atoms with Gasteiger partial charge in [-0.05, 0) is 50.3 Å². The van der Waals surface area contributed by atoms with E-state index in [1.165, 1.54) is 0 Å². The smallest absolute Gasteiger partial charge is 0.164 e. The van der Waals surface area contributed by atoms with Crippen LogP contribution in [0.25, 0.3) is 52.5 Å². The van der Waals surface area contributed by atoms with Crippen molar-refractivity contribution < 1.29 is 0 Å². The first-order valence-corrected chi connectivity index (χ1v) is 12.6. The van der Waals surface area contributed by atoms with Crippen LogP contribution in [0.3, 0.4) is 0 Å². The molecule has 0 spiro atoms. The summed E-state index contributed by atoms with van der Waals surface area (Å²) >= 11 is 0. The average molecular weight is 511 g/mol. The highest BCUT2D eigenvalue weighted by molar-refractivity contribution is 5.80. The highest BCUT2D eigenvalue weighted by Crippen LogP contribution is 2.32. The molecule has 0 atom stereocenters. The molecule has 0 radical (unpaired) electrons. The van der Waals surface area contributed by atoms with Crippen LogP contribution in [0.4, 0.5) is 0 Å². The third-order valence-electron chi connectivity index (χ3n) is 5.99. The molecule has 0 amide bonds. The molecule has 0 saturated carbocycles. The fourth-order valence-corrected chi connectivity index (χ4v) is 4.22. The summed E-state index contributed by atoms with van der Waals surface area (Å²) < 4.78 is 2.09. The molecule has 39 heavy (non-hydrogen) atoms. The predicted octanol–water partition coefficient (Wildman–Crippen LogP) is 9.19. The average Bonchev–Trinajstić information content (AvgIpc) is 3.30. The molecule has 0 N–H and O–H groups in total. The highest BCUT2D eigenvalue weighted by atomic mass is 15.0. The lowest BCUT2D eigenvalue weighted by molar-refractivity contribution is 1.00. The van der Waals surface area contributed by atoms with Crippen molar-refractivity contribution in [2.24, 2.45) is 0 Å². The molecule has 2 aromatic heterocycles. The van der Waals surface area contributed by atoms with E-state index in [1.807, 2.05) is 98.9 Å². The number of allylic oxidation sites excluding steroid dienone is 10. The van der Waals surface area contributed by atoms with E-state index in [4.69, 9.17) is 15.0 Å². The molecule has 4 nitrogen and oxygen atoms in total. The van der Waals surface area contributed by atoms with Crippen molar-refractivity contribution in [3.8, 4) is 17.1 Å². The van der Waals surface area contributed by atoms with E-state index in [0.29, 0.717) is 17.5 Å². The quantitative estimate of drug-likeness (QED) is 0.228. The maximum Gasteiger partial charge on any atom is 0.164 e. The Balaban J connectivity index is 2.24. The minimum atomic E-state index is 0.534. The largest absolute Gasteiger partial charge is 0.309 e. The van der Waals surface area contributed by atoms with E-state index in [1.54, 1.807) is 12.2 Å². The van der Waals surface area contributed by atoms with Crippen LogP contribution in [0, 0.1) is 0 Å². The molecular weight excluding hydrogens is 476 g/mol. The molecule has 0 bridgehead atoms. The summed E-state index contributed by atoms with van der Waals surface area (Å²) in [5.74, 6) is 1.63. The maximum absolute atomic E-state index is 4.82. The van der Waals surface area contributed by atoms with Crippen LogP contribution >= 0.6 is 0 Å². The summed E-state index contributed by atoms with van der Waals surface area (Å²) in [6, 6.07) is 8.03. The molecule has 0 aliphatic carbocycles. The first-order valence-electron chi connectivity index (χ1n) is 12.6. The van der Waals surface area contributed by atoms with Crippen LogP contribution in [0.1, 0.15) is 48.0 Å². The van der Waals surface area contributed by atoms with Gasteiger partial charge in [-0.15, -0.1) is 0 Å². The number of hydrogen-bond donors (Lipinski definition) is 0. The third kappa shape index (κ3) is 5.91. The van der Waals surface area contributed by atoms with E-state index >= 15 is 0 Å². The molecule has 2 heterocycles. The number of hydrogen-bond acceptors (Lipinski definition) is 3. The summed E-state index contributed by atoms with van der Waals surface area (Å²) in [7, 11) is 0. The monoisotopic (exact) mass is 510 g/mol. The Labute approximate surface area is 232 Å². The molecular formula is C35H34N4. The van der Waals surface area contributed by atoms with Crippen molar-refractivity contribution in [3.63, 3.8) is 0 Å². The number of nitrogens with zero attached hydrogens (tertiary/aromatic N) is 4. The molecule has 0 fully saturated rings. The van der Waals surface area contributed by atoms with Crippen molar-refractivity contribution in [2.45, 2.75) is 13.8 Å². The van der Waals surface area contributed by atoms with Gasteiger partial charge in [0.15, 0.2) is 17.5 Å². The van der Waals surface area contributed by atoms with Gasteiger partial charge in [-0.25, -0.2) is 15.0 Å². The lowest BCUT2D eigenvalue weighted by Crippen LogP contribution is -2.05. The second-order valence-electron chi connectivity index (χ2n) is 8.31. The van der Waals surface area contributed by atoms with Gasteiger partial charge in [0, 0.05) is 33.5 Å². The Morgan fingerprint density at radius 2 is 1.28 bits per heavy atom. The Kier molecular flexibility index (Phi) is 9.82. The fraction of sp³-hybridized carbons (Fsp3) is 0.0571. The van der Waals surface area contributed by atoms with Crippen LogP contribution in [0.5, 0.6) is 0 Å². The van der Waals surface area contributed by atoms with Crippen LogP contribution < -0.4 is 0 Å². The third-order valence-corrected chi connectivity index (χ3v) is 5.99. The Hall–Kier alpha value is -5.09. The number of benzene rings is 1. The maximum atomic E-state index is 4.82. The summed E-state index contributed by atoms with van der Waals surface area (Å²) in [6.07, 6.45) is 22.3. The van der Waals surface area contributed by atoms with Gasteiger partial charge in [0.2, 0.25) is 0 Å². The van der Waals surface area contributed by atoms with Gasteiger partial charge in [0.05, 0.1) is 11.4 Å². The second kappa shape index (κ2) is 13.5. The van der Waals surface area contributed by atoms with E-state index in [9.17, 15) is 0 Å². The zero-order valence-corrected chi connectivity index (χ0v) is 22.8. The fourth-order valence-electron chi connectivity index (χ4n) is 4.22. The zero-order chi connectivity index (χ0) is 28.4. The first-order chi connectivity index (χ1) is 19.0. The van der Waals surface area contributed by atoms with Crippen molar-refractivity contribution in [3.05, 3.63) is 147 Å². The molecule has 3 aromatic rings. The molecule has 0 aliphatic rings. The minimum Gasteiger partial charge on any atom is -0.309 e. The summed E-state index contributed by atoms with van der Waals surface area (Å²) in [5.41, 5.74) is 7.16. The summed E-state index contributed by atoms with van der Waals surface area (Å²) in [5, 5.41) is 0. The van der Waals surface area contributed by atoms with E-state index in [0.717, 1.165) is 44.9 Å². The van der Waals surface area contributed by atoms with Gasteiger partial charge in [0.25, 0.3) is 0 Å². The highest BCUT2D eigenvalue weighted by Gasteiger charge is 2.18. The lowest BCUT2D eigenvalue weighted by Gasteiger charge is -2.12. The Bertz CT molecular complexity index is 1510. The van der Waals surface area contributed by atoms with E-state index < -0.39 is 0 Å². The van der Waals surface area contributed by atoms with Crippen molar-refractivity contribution >= 4 is 35.5 Å². The minimum absolute atomic E-state index is 0.534. The second-order valence-corrected chi connectivity index (χ2v) is 8.31. The topological polar surface area (TPSA) is 43.6 Å². The molecule has 0 aliphatic heterocycles. The molecule has 0 unspecified atom stereocenters. The SMILES string of the molecule is C=C/C=C(\C=C/C)c1nc(/C(C=C)=C/C=C\C)nc(-c2ccc(-n3c(C=C)c(C=C)c(C=C)c3C=C)cc2)n1. The lowest BCUT2D eigenvalue weighted by atomic mass is 10.1. The van der Waals surface area contributed by atoms with Crippen LogP contribution in [0.2, 0.25) is 0 Å². The molecule has 4 heteroatoms. The van der Waals surface area contributed by atoms with Crippen LogP contribution in [0.15, 0.2) is 112 Å². The molecule has 0 saturated heterocycles. The van der Waals surface area contributed by atoms with Crippen molar-refractivity contribution in [2.75, 3.05) is 0 Å². The van der Waals surface area contributed by atoms with Crippen molar-refractivity contribution in [1.82, 2.24) is 19.5 Å². The van der Waals surface area contributed by atoms with Gasteiger partial charge < -0.3 is 4.57 Å². The zero-order valence-electron chi connectivity index (χ0n) is 22.8. The van der Waals surface area contributed by atoms with Crippen LogP contribution in [-0.4, -0.2) is 19.5 Å². The van der Waals surface area contributed by atoms with Gasteiger partial charge in [-0.2, -0.15) is 0 Å². The van der Waals surface area contributed by atoms with E-state index in [2.05, 4.69) is 44.0 Å².